The van der Waals surface area contributed by atoms with Crippen molar-refractivity contribution in [2.45, 2.75) is 12.8 Å². The second-order valence-corrected chi connectivity index (χ2v) is 2.35. The van der Waals surface area contributed by atoms with Crippen molar-refractivity contribution in [1.29, 1.82) is 0 Å². The van der Waals surface area contributed by atoms with Gasteiger partial charge in [0.1, 0.15) is 0 Å². The normalized spacial score (nSPS) is 24.1. The third kappa shape index (κ3) is 1.77. The number of hydrogen-bond acceptors (Lipinski definition) is 3. The maximum absolute atomic E-state index is 10.0. The van der Waals surface area contributed by atoms with Crippen LogP contribution >= 0.6 is 0 Å². The molecule has 1 saturated heterocycles. The maximum Gasteiger partial charge on any atom is 0.201 e. The summed E-state index contributed by atoms with van der Waals surface area (Å²) in [5.74, 6) is 0.0633. The first-order valence-electron chi connectivity index (χ1n) is 3.14. The average molecular weight is 128 g/mol. The van der Waals surface area contributed by atoms with Gasteiger partial charge in [0, 0.05) is 19.0 Å². The highest BCUT2D eigenvalue weighted by Crippen LogP contribution is 2.12. The Balaban J connectivity index is 2.26. The van der Waals surface area contributed by atoms with Gasteiger partial charge in [0.25, 0.3) is 0 Å². The summed E-state index contributed by atoms with van der Waals surface area (Å²) in [6.07, 6.45) is 3.44. The molecule has 0 atom stereocenters. The van der Waals surface area contributed by atoms with Crippen molar-refractivity contribution in [2.75, 3.05) is 13.1 Å². The molecule has 3 heteroatoms. The standard InChI is InChI=1S/C6H10NO2/c8-5-6-1-3-7(9)4-2-6/h6,9H,1-4H2. The second kappa shape index (κ2) is 2.94. The van der Waals surface area contributed by atoms with Gasteiger partial charge in [-0.1, -0.05) is 0 Å². The summed E-state index contributed by atoms with van der Waals surface area (Å²) in [4.78, 5) is 10.0. The second-order valence-electron chi connectivity index (χ2n) is 2.35. The molecule has 1 aliphatic rings. The molecule has 0 spiro atoms. The molecular weight excluding hydrogens is 118 g/mol. The van der Waals surface area contributed by atoms with Crippen LogP contribution in [0.4, 0.5) is 0 Å². The summed E-state index contributed by atoms with van der Waals surface area (Å²) in [5, 5.41) is 10.1. The summed E-state index contributed by atoms with van der Waals surface area (Å²) in [6, 6.07) is 0. The Morgan fingerprint density at radius 2 is 2.00 bits per heavy atom. The third-order valence-electron chi connectivity index (χ3n) is 1.64. The highest BCUT2D eigenvalue weighted by atomic mass is 16.5. The van der Waals surface area contributed by atoms with E-state index in [0.29, 0.717) is 13.1 Å². The minimum Gasteiger partial charge on any atom is -0.314 e. The van der Waals surface area contributed by atoms with Crippen LogP contribution in [0, 0.1) is 5.92 Å². The van der Waals surface area contributed by atoms with Gasteiger partial charge in [-0.05, 0) is 12.8 Å². The van der Waals surface area contributed by atoms with E-state index in [1.165, 1.54) is 5.06 Å². The molecule has 9 heavy (non-hydrogen) atoms. The molecule has 1 rings (SSSR count). The van der Waals surface area contributed by atoms with Gasteiger partial charge in [-0.25, -0.2) is 0 Å². The zero-order valence-electron chi connectivity index (χ0n) is 5.21. The molecule has 0 unspecified atom stereocenters. The van der Waals surface area contributed by atoms with Crippen LogP contribution < -0.4 is 0 Å². The first kappa shape index (κ1) is 6.71. The lowest BCUT2D eigenvalue weighted by molar-refractivity contribution is -0.107. The van der Waals surface area contributed by atoms with Gasteiger partial charge < -0.3 is 5.21 Å². The molecule has 1 radical (unpaired) electrons. The maximum atomic E-state index is 10.0. The van der Waals surface area contributed by atoms with Crippen molar-refractivity contribution >= 4 is 6.29 Å². The molecule has 0 aromatic rings. The highest BCUT2D eigenvalue weighted by Gasteiger charge is 2.16. The van der Waals surface area contributed by atoms with E-state index in [0.717, 1.165) is 12.8 Å². The number of carbonyl (C=O) groups excluding carboxylic acids is 1. The lowest BCUT2D eigenvalue weighted by Crippen LogP contribution is -2.31. The van der Waals surface area contributed by atoms with Crippen LogP contribution in [0.15, 0.2) is 0 Å². The van der Waals surface area contributed by atoms with Crippen LogP contribution in [-0.4, -0.2) is 29.6 Å². The Bertz CT molecular complexity index is 97.2. The van der Waals surface area contributed by atoms with Crippen LogP contribution in [0.3, 0.4) is 0 Å². The molecule has 0 bridgehead atoms. The molecule has 1 N–H and O–H groups in total. The Morgan fingerprint density at radius 1 is 1.44 bits per heavy atom. The molecular formula is C6H10NO2. The molecule has 3 nitrogen and oxygen atoms in total. The fourth-order valence-corrected chi connectivity index (χ4v) is 0.984. The van der Waals surface area contributed by atoms with E-state index in [9.17, 15) is 4.79 Å². The largest absolute Gasteiger partial charge is 0.314 e. The van der Waals surface area contributed by atoms with Gasteiger partial charge in [-0.2, -0.15) is 5.06 Å². The van der Waals surface area contributed by atoms with Crippen molar-refractivity contribution in [3.63, 3.8) is 0 Å². The van der Waals surface area contributed by atoms with Crippen LogP contribution in [0.1, 0.15) is 12.8 Å². The first-order chi connectivity index (χ1) is 4.33. The number of hydroxylamine groups is 2. The van der Waals surface area contributed by atoms with E-state index in [1.807, 2.05) is 6.29 Å². The smallest absolute Gasteiger partial charge is 0.201 e. The first-order valence-corrected chi connectivity index (χ1v) is 3.14. The molecule has 0 amide bonds. The van der Waals surface area contributed by atoms with E-state index >= 15 is 0 Å². The van der Waals surface area contributed by atoms with E-state index in [1.54, 1.807) is 0 Å². The number of nitrogens with zero attached hydrogens (tertiary/aromatic N) is 1. The van der Waals surface area contributed by atoms with Gasteiger partial charge in [-0.3, -0.25) is 4.79 Å². The summed E-state index contributed by atoms with van der Waals surface area (Å²) in [7, 11) is 0. The molecule has 1 heterocycles. The number of rotatable bonds is 1. The molecule has 0 aromatic carbocycles. The fourth-order valence-electron chi connectivity index (χ4n) is 0.984. The van der Waals surface area contributed by atoms with Crippen molar-refractivity contribution in [3.05, 3.63) is 0 Å². The van der Waals surface area contributed by atoms with Crippen LogP contribution in [0.25, 0.3) is 0 Å². The number of piperidine rings is 1. The highest BCUT2D eigenvalue weighted by molar-refractivity contribution is 5.54. The lowest BCUT2D eigenvalue weighted by atomic mass is 10.0. The Kier molecular flexibility index (Phi) is 2.19. The Hall–Kier alpha value is -0.410. The molecule has 1 fully saturated rings. The zero-order valence-corrected chi connectivity index (χ0v) is 5.21. The van der Waals surface area contributed by atoms with Crippen molar-refractivity contribution < 1.29 is 10.0 Å². The summed E-state index contributed by atoms with van der Waals surface area (Å²) in [6.45, 7) is 1.22. The van der Waals surface area contributed by atoms with Crippen LogP contribution in [0.5, 0.6) is 0 Å². The molecule has 0 saturated carbocycles. The quantitative estimate of drug-likeness (QED) is 0.548. The zero-order chi connectivity index (χ0) is 6.69. The Labute approximate surface area is 54.2 Å². The van der Waals surface area contributed by atoms with E-state index in [4.69, 9.17) is 5.21 Å². The lowest BCUT2D eigenvalue weighted by Gasteiger charge is -2.22. The molecule has 51 valence electrons. The van der Waals surface area contributed by atoms with Crippen LogP contribution in [0.2, 0.25) is 0 Å². The average Bonchev–Trinajstić information content (AvgIpc) is 1.90. The Morgan fingerprint density at radius 3 is 2.44 bits per heavy atom. The monoisotopic (exact) mass is 128 g/mol. The minimum atomic E-state index is 0.0633. The molecule has 0 aromatic heterocycles. The topological polar surface area (TPSA) is 40.5 Å². The van der Waals surface area contributed by atoms with Crippen molar-refractivity contribution in [2.24, 2.45) is 5.92 Å². The van der Waals surface area contributed by atoms with Crippen molar-refractivity contribution in [1.82, 2.24) is 5.06 Å². The molecule has 1 aliphatic heterocycles. The van der Waals surface area contributed by atoms with Gasteiger partial charge in [0.2, 0.25) is 6.29 Å². The predicted octanol–water partition coefficient (Wildman–Crippen LogP) is 0.197. The third-order valence-corrected chi connectivity index (χ3v) is 1.64. The molecule has 0 aliphatic carbocycles. The van der Waals surface area contributed by atoms with Gasteiger partial charge in [-0.15, -0.1) is 0 Å². The van der Waals surface area contributed by atoms with E-state index < -0.39 is 0 Å². The van der Waals surface area contributed by atoms with E-state index in [-0.39, 0.29) is 5.92 Å². The summed E-state index contributed by atoms with van der Waals surface area (Å²) < 4.78 is 0. The SMILES string of the molecule is O=[C]C1CCN(O)CC1. The van der Waals surface area contributed by atoms with Gasteiger partial charge >= 0.3 is 0 Å². The predicted molar refractivity (Wildman–Crippen MR) is 31.8 cm³/mol. The van der Waals surface area contributed by atoms with Gasteiger partial charge in [0.05, 0.1) is 0 Å². The number of hydrogen-bond donors (Lipinski definition) is 1. The fraction of sp³-hybridized carbons (Fsp3) is 0.833. The van der Waals surface area contributed by atoms with Gasteiger partial charge in [0.15, 0.2) is 0 Å². The van der Waals surface area contributed by atoms with Crippen molar-refractivity contribution in [3.8, 4) is 0 Å². The van der Waals surface area contributed by atoms with E-state index in [2.05, 4.69) is 0 Å². The minimum absolute atomic E-state index is 0.0633. The van der Waals surface area contributed by atoms with Crippen LogP contribution in [-0.2, 0) is 4.79 Å². The summed E-state index contributed by atoms with van der Waals surface area (Å²) >= 11 is 0. The summed E-state index contributed by atoms with van der Waals surface area (Å²) in [5.41, 5.74) is 0.